The van der Waals surface area contributed by atoms with Crippen molar-refractivity contribution in [3.63, 3.8) is 0 Å². The highest BCUT2D eigenvalue weighted by Gasteiger charge is 2.31. The van der Waals surface area contributed by atoms with E-state index < -0.39 is 0 Å². The number of nitrogens with zero attached hydrogens (tertiary/aromatic N) is 4. The minimum Gasteiger partial charge on any atom is -0.368 e. The van der Waals surface area contributed by atoms with Crippen molar-refractivity contribution < 1.29 is 14.3 Å². The summed E-state index contributed by atoms with van der Waals surface area (Å²) in [6, 6.07) is 8.98. The van der Waals surface area contributed by atoms with Gasteiger partial charge in [-0.3, -0.25) is 19.6 Å². The lowest BCUT2D eigenvalue weighted by Crippen LogP contribution is -2.40. The quantitative estimate of drug-likeness (QED) is 0.764. The molecule has 0 bridgehead atoms. The summed E-state index contributed by atoms with van der Waals surface area (Å²) in [4.78, 5) is 37.3. The number of hydrogen-bond acceptors (Lipinski definition) is 5. The largest absolute Gasteiger partial charge is 0.368 e. The van der Waals surface area contributed by atoms with Crippen LogP contribution >= 0.6 is 0 Å². The first-order valence-corrected chi connectivity index (χ1v) is 9.51. The molecule has 7 nitrogen and oxygen atoms in total. The summed E-state index contributed by atoms with van der Waals surface area (Å²) in [6.07, 6.45) is 4.60. The predicted octanol–water partition coefficient (Wildman–Crippen LogP) is 2.00. The molecule has 0 saturated carbocycles. The lowest BCUT2D eigenvalue weighted by atomic mass is 10.2. The number of hydrogen-bond donors (Lipinski definition) is 0. The Morgan fingerprint density at radius 1 is 1.18 bits per heavy atom. The molecule has 1 saturated heterocycles. The number of carbonyl (C=O) groups excluding carboxylic acids is 2. The Morgan fingerprint density at radius 3 is 2.64 bits per heavy atom. The van der Waals surface area contributed by atoms with E-state index in [9.17, 15) is 9.59 Å². The lowest BCUT2D eigenvalue weighted by Gasteiger charge is -2.25. The maximum Gasteiger partial charge on any atom is 0.254 e. The summed E-state index contributed by atoms with van der Waals surface area (Å²) in [5.41, 5.74) is 1.34. The monoisotopic (exact) mass is 382 g/mol. The molecule has 0 radical (unpaired) electrons. The maximum absolute atomic E-state index is 12.9. The Labute approximate surface area is 165 Å². The SMILES string of the molecule is CC(C)CN1CC(OCc2ccccn2)CN(C(=O)c2ccncc2)CC1=O. The van der Waals surface area contributed by atoms with Crippen LogP contribution < -0.4 is 0 Å². The molecule has 2 aromatic heterocycles. The Bertz CT molecular complexity index is 783. The minimum atomic E-state index is -0.280. The summed E-state index contributed by atoms with van der Waals surface area (Å²) >= 11 is 0. The normalized spacial score (nSPS) is 17.7. The van der Waals surface area contributed by atoms with E-state index in [4.69, 9.17) is 4.74 Å². The average Bonchev–Trinajstić information content (AvgIpc) is 2.86. The molecule has 7 heteroatoms. The van der Waals surface area contributed by atoms with E-state index >= 15 is 0 Å². The molecule has 2 aromatic rings. The van der Waals surface area contributed by atoms with Gasteiger partial charge in [-0.2, -0.15) is 0 Å². The molecule has 2 amide bonds. The van der Waals surface area contributed by atoms with E-state index in [-0.39, 0.29) is 24.5 Å². The van der Waals surface area contributed by atoms with Crippen LogP contribution in [0.5, 0.6) is 0 Å². The van der Waals surface area contributed by atoms with Gasteiger partial charge in [0.25, 0.3) is 5.91 Å². The number of aromatic nitrogens is 2. The second kappa shape index (κ2) is 9.41. The van der Waals surface area contributed by atoms with Crippen LogP contribution in [0.15, 0.2) is 48.9 Å². The van der Waals surface area contributed by atoms with Gasteiger partial charge in [0.2, 0.25) is 5.91 Å². The number of amides is 2. The van der Waals surface area contributed by atoms with E-state index in [0.717, 1.165) is 5.69 Å². The number of pyridine rings is 2. The summed E-state index contributed by atoms with van der Waals surface area (Å²) in [7, 11) is 0. The predicted molar refractivity (Wildman–Crippen MR) is 104 cm³/mol. The zero-order chi connectivity index (χ0) is 19.9. The van der Waals surface area contributed by atoms with Gasteiger partial charge < -0.3 is 14.5 Å². The summed E-state index contributed by atoms with van der Waals surface area (Å²) in [6.45, 7) is 5.99. The highest BCUT2D eigenvalue weighted by Crippen LogP contribution is 2.14. The van der Waals surface area contributed by atoms with Crippen molar-refractivity contribution in [3.05, 3.63) is 60.2 Å². The van der Waals surface area contributed by atoms with Crippen molar-refractivity contribution in [2.24, 2.45) is 5.92 Å². The second-order valence-electron chi connectivity index (χ2n) is 7.37. The van der Waals surface area contributed by atoms with Crippen molar-refractivity contribution in [2.45, 2.75) is 26.6 Å². The molecule has 28 heavy (non-hydrogen) atoms. The van der Waals surface area contributed by atoms with Crippen molar-refractivity contribution in [3.8, 4) is 0 Å². The van der Waals surface area contributed by atoms with E-state index in [1.165, 1.54) is 0 Å². The second-order valence-corrected chi connectivity index (χ2v) is 7.37. The molecule has 3 rings (SSSR count). The highest BCUT2D eigenvalue weighted by molar-refractivity contribution is 5.96. The molecular formula is C21H26N4O3. The minimum absolute atomic E-state index is 0.0529. The van der Waals surface area contributed by atoms with Gasteiger partial charge in [-0.25, -0.2) is 0 Å². The third kappa shape index (κ3) is 5.36. The zero-order valence-electron chi connectivity index (χ0n) is 16.3. The Hall–Kier alpha value is -2.80. The number of carbonyl (C=O) groups is 2. The van der Waals surface area contributed by atoms with Gasteiger partial charge in [0.05, 0.1) is 18.4 Å². The fourth-order valence-corrected chi connectivity index (χ4v) is 3.22. The van der Waals surface area contributed by atoms with Gasteiger partial charge in [-0.05, 0) is 30.2 Å². The van der Waals surface area contributed by atoms with Crippen LogP contribution in [-0.2, 0) is 16.1 Å². The van der Waals surface area contributed by atoms with E-state index in [2.05, 4.69) is 23.8 Å². The van der Waals surface area contributed by atoms with Crippen LogP contribution in [0.25, 0.3) is 0 Å². The van der Waals surface area contributed by atoms with E-state index in [1.807, 2.05) is 18.2 Å². The summed E-state index contributed by atoms with van der Waals surface area (Å²) < 4.78 is 6.06. The van der Waals surface area contributed by atoms with Crippen molar-refractivity contribution in [1.82, 2.24) is 19.8 Å². The third-order valence-corrected chi connectivity index (χ3v) is 4.52. The van der Waals surface area contributed by atoms with Gasteiger partial charge in [0.15, 0.2) is 0 Å². The number of rotatable bonds is 6. The van der Waals surface area contributed by atoms with Crippen LogP contribution in [0.4, 0.5) is 0 Å². The molecular weight excluding hydrogens is 356 g/mol. The standard InChI is InChI=1S/C21H26N4O3/c1-16(2)11-24-12-19(28-15-18-5-3-4-8-23-18)13-25(14-20(24)26)21(27)17-6-9-22-10-7-17/h3-10,16,19H,11-15H2,1-2H3. The zero-order valence-corrected chi connectivity index (χ0v) is 16.3. The molecule has 0 aliphatic carbocycles. The molecule has 0 spiro atoms. The highest BCUT2D eigenvalue weighted by atomic mass is 16.5. The molecule has 3 heterocycles. The molecule has 0 N–H and O–H groups in total. The first-order chi connectivity index (χ1) is 13.5. The third-order valence-electron chi connectivity index (χ3n) is 4.52. The molecule has 0 aromatic carbocycles. The maximum atomic E-state index is 12.9. The average molecular weight is 382 g/mol. The Morgan fingerprint density at radius 2 is 1.96 bits per heavy atom. The Kier molecular flexibility index (Phi) is 6.71. The number of ether oxygens (including phenoxy) is 1. The molecule has 1 atom stereocenters. The Balaban J connectivity index is 1.75. The molecule has 1 aliphatic rings. The lowest BCUT2D eigenvalue weighted by molar-refractivity contribution is -0.132. The van der Waals surface area contributed by atoms with Crippen LogP contribution in [-0.4, -0.2) is 63.9 Å². The van der Waals surface area contributed by atoms with Crippen LogP contribution in [0.1, 0.15) is 29.9 Å². The van der Waals surface area contributed by atoms with Crippen LogP contribution in [0, 0.1) is 5.92 Å². The van der Waals surface area contributed by atoms with E-state index in [0.29, 0.717) is 37.7 Å². The topological polar surface area (TPSA) is 75.6 Å². The fraction of sp³-hybridized carbons (Fsp3) is 0.429. The van der Waals surface area contributed by atoms with Gasteiger partial charge in [0, 0.05) is 43.8 Å². The van der Waals surface area contributed by atoms with Crippen molar-refractivity contribution in [1.29, 1.82) is 0 Å². The fourth-order valence-electron chi connectivity index (χ4n) is 3.22. The smallest absolute Gasteiger partial charge is 0.254 e. The summed E-state index contributed by atoms with van der Waals surface area (Å²) in [5.74, 6) is 0.0939. The van der Waals surface area contributed by atoms with Gasteiger partial charge >= 0.3 is 0 Å². The van der Waals surface area contributed by atoms with Crippen molar-refractivity contribution >= 4 is 11.8 Å². The first kappa shape index (κ1) is 19.9. The van der Waals surface area contributed by atoms with Gasteiger partial charge in [-0.1, -0.05) is 19.9 Å². The molecule has 1 unspecified atom stereocenters. The van der Waals surface area contributed by atoms with E-state index in [1.54, 1.807) is 40.5 Å². The first-order valence-electron chi connectivity index (χ1n) is 9.51. The summed E-state index contributed by atoms with van der Waals surface area (Å²) in [5, 5.41) is 0. The molecule has 148 valence electrons. The van der Waals surface area contributed by atoms with Crippen molar-refractivity contribution in [2.75, 3.05) is 26.2 Å². The molecule has 1 fully saturated rings. The molecule has 1 aliphatic heterocycles. The van der Waals surface area contributed by atoms with Crippen LogP contribution in [0.3, 0.4) is 0 Å². The van der Waals surface area contributed by atoms with Gasteiger partial charge in [0.1, 0.15) is 6.54 Å². The van der Waals surface area contributed by atoms with Gasteiger partial charge in [-0.15, -0.1) is 0 Å². The van der Waals surface area contributed by atoms with Crippen LogP contribution in [0.2, 0.25) is 0 Å².